The van der Waals surface area contributed by atoms with Gasteiger partial charge in [0.15, 0.2) is 0 Å². The normalized spacial score (nSPS) is 17.4. The van der Waals surface area contributed by atoms with Crippen molar-refractivity contribution in [3.8, 4) is 0 Å². The molecular weight excluding hydrogens is 296 g/mol. The molecule has 1 N–H and O–H groups in total. The number of hydrogen-bond donors (Lipinski definition) is 1. The first-order chi connectivity index (χ1) is 10.6. The van der Waals surface area contributed by atoms with E-state index in [1.54, 1.807) is 0 Å². The second-order valence-electron chi connectivity index (χ2n) is 5.90. The first-order valence-electron chi connectivity index (χ1n) is 7.48. The minimum absolute atomic E-state index is 0.0913. The van der Waals surface area contributed by atoms with Gasteiger partial charge in [0, 0.05) is 5.02 Å². The van der Waals surface area contributed by atoms with Crippen molar-refractivity contribution in [1.29, 1.82) is 0 Å². The van der Waals surface area contributed by atoms with E-state index in [2.05, 4.69) is 19.2 Å². The highest BCUT2D eigenvalue weighted by molar-refractivity contribution is 6.31. The molecule has 1 unspecified atom stereocenters. The first-order valence-corrected chi connectivity index (χ1v) is 7.86. The number of anilines is 2. The molecule has 0 spiro atoms. The Kier molecular flexibility index (Phi) is 4.08. The minimum Gasteiger partial charge on any atom is -0.372 e. The lowest BCUT2D eigenvalue weighted by Crippen LogP contribution is -2.49. The molecule has 1 aliphatic heterocycles. The van der Waals surface area contributed by atoms with Gasteiger partial charge in [-0.15, -0.1) is 0 Å². The summed E-state index contributed by atoms with van der Waals surface area (Å²) in [5.74, 6) is 0.309. The van der Waals surface area contributed by atoms with Gasteiger partial charge < -0.3 is 10.2 Å². The topological polar surface area (TPSA) is 32.3 Å². The van der Waals surface area contributed by atoms with Crippen LogP contribution in [0, 0.1) is 5.92 Å². The van der Waals surface area contributed by atoms with Gasteiger partial charge in [-0.2, -0.15) is 0 Å². The number of benzene rings is 2. The van der Waals surface area contributed by atoms with Crippen LogP contribution in [0.5, 0.6) is 0 Å². The van der Waals surface area contributed by atoms with Crippen molar-refractivity contribution in [2.24, 2.45) is 5.92 Å². The minimum atomic E-state index is -0.211. The summed E-state index contributed by atoms with van der Waals surface area (Å²) in [5, 5.41) is 4.04. The maximum Gasteiger partial charge on any atom is 0.250 e. The zero-order valence-electron chi connectivity index (χ0n) is 12.7. The summed E-state index contributed by atoms with van der Waals surface area (Å²) in [6.45, 7) is 4.59. The average Bonchev–Trinajstić information content (AvgIpc) is 2.51. The van der Waals surface area contributed by atoms with E-state index < -0.39 is 0 Å². The third-order valence-corrected chi connectivity index (χ3v) is 4.36. The maximum atomic E-state index is 12.9. The molecule has 1 atom stereocenters. The van der Waals surface area contributed by atoms with Crippen molar-refractivity contribution in [2.75, 3.05) is 10.2 Å². The van der Waals surface area contributed by atoms with E-state index >= 15 is 0 Å². The highest BCUT2D eigenvalue weighted by Crippen LogP contribution is 2.34. The Balaban J connectivity index is 2.00. The molecule has 0 aliphatic carbocycles. The van der Waals surface area contributed by atoms with Crippen molar-refractivity contribution >= 4 is 28.9 Å². The number of carbonyl (C=O) groups is 1. The van der Waals surface area contributed by atoms with Gasteiger partial charge in [0.2, 0.25) is 5.91 Å². The Morgan fingerprint density at radius 3 is 2.55 bits per heavy atom. The van der Waals surface area contributed by atoms with Crippen molar-refractivity contribution in [3.05, 3.63) is 59.1 Å². The SMILES string of the molecule is CC(C)C1Nc2ccccc2N(Cc2ccccc2Cl)C1=O. The molecule has 0 radical (unpaired) electrons. The molecule has 3 rings (SSSR count). The smallest absolute Gasteiger partial charge is 0.250 e. The van der Waals surface area contributed by atoms with Crippen molar-refractivity contribution in [3.63, 3.8) is 0 Å². The highest BCUT2D eigenvalue weighted by Gasteiger charge is 2.34. The molecule has 1 aliphatic rings. The molecule has 22 heavy (non-hydrogen) atoms. The van der Waals surface area contributed by atoms with E-state index in [9.17, 15) is 4.79 Å². The van der Waals surface area contributed by atoms with Crippen LogP contribution < -0.4 is 10.2 Å². The van der Waals surface area contributed by atoms with Gasteiger partial charge in [-0.05, 0) is 29.7 Å². The maximum absolute atomic E-state index is 12.9. The Morgan fingerprint density at radius 2 is 1.82 bits per heavy atom. The average molecular weight is 315 g/mol. The molecule has 0 fully saturated rings. The van der Waals surface area contributed by atoms with Crippen LogP contribution in [0.2, 0.25) is 5.02 Å². The fraction of sp³-hybridized carbons (Fsp3) is 0.278. The summed E-state index contributed by atoms with van der Waals surface area (Å²) in [6, 6.07) is 15.4. The van der Waals surface area contributed by atoms with Gasteiger partial charge in [0.1, 0.15) is 6.04 Å². The summed E-state index contributed by atoms with van der Waals surface area (Å²) >= 11 is 6.26. The van der Waals surface area contributed by atoms with Crippen LogP contribution in [-0.4, -0.2) is 11.9 Å². The summed E-state index contributed by atoms with van der Waals surface area (Å²) in [7, 11) is 0. The quantitative estimate of drug-likeness (QED) is 0.915. The fourth-order valence-corrected chi connectivity index (χ4v) is 2.95. The number of carbonyl (C=O) groups excluding carboxylic acids is 1. The molecular formula is C18H19ClN2O. The summed E-state index contributed by atoms with van der Waals surface area (Å²) in [4.78, 5) is 14.7. The zero-order valence-corrected chi connectivity index (χ0v) is 13.5. The van der Waals surface area contributed by atoms with E-state index in [1.807, 2.05) is 53.4 Å². The van der Waals surface area contributed by atoms with Crippen LogP contribution in [0.25, 0.3) is 0 Å². The van der Waals surface area contributed by atoms with Crippen LogP contribution in [0.3, 0.4) is 0 Å². The van der Waals surface area contributed by atoms with Gasteiger partial charge in [-0.3, -0.25) is 4.79 Å². The third kappa shape index (κ3) is 2.69. The van der Waals surface area contributed by atoms with Crippen molar-refractivity contribution in [2.45, 2.75) is 26.4 Å². The predicted octanol–water partition coefficient (Wildman–Crippen LogP) is 4.32. The Bertz CT molecular complexity index is 699. The molecule has 0 saturated carbocycles. The largest absolute Gasteiger partial charge is 0.372 e. The monoisotopic (exact) mass is 314 g/mol. The number of rotatable bonds is 3. The molecule has 0 saturated heterocycles. The molecule has 2 aromatic carbocycles. The summed E-state index contributed by atoms with van der Waals surface area (Å²) < 4.78 is 0. The van der Waals surface area contributed by atoms with Crippen molar-refractivity contribution < 1.29 is 4.79 Å². The summed E-state index contributed by atoms with van der Waals surface area (Å²) in [6.07, 6.45) is 0. The lowest BCUT2D eigenvalue weighted by atomic mass is 9.98. The predicted molar refractivity (Wildman–Crippen MR) is 91.3 cm³/mol. The van der Waals surface area contributed by atoms with Gasteiger partial charge in [0.25, 0.3) is 0 Å². The molecule has 0 bridgehead atoms. The standard InChI is InChI=1S/C18H19ClN2O/c1-12(2)17-18(22)21(11-13-7-3-4-8-14(13)19)16-10-6-5-9-15(16)20-17/h3-10,12,17,20H,11H2,1-2H3. The van der Waals surface area contributed by atoms with E-state index in [0.717, 1.165) is 16.9 Å². The number of fused-ring (bicyclic) bond motifs is 1. The highest BCUT2D eigenvalue weighted by atomic mass is 35.5. The second kappa shape index (κ2) is 6.01. The van der Waals surface area contributed by atoms with Gasteiger partial charge >= 0.3 is 0 Å². The molecule has 2 aromatic rings. The summed E-state index contributed by atoms with van der Waals surface area (Å²) in [5.41, 5.74) is 2.86. The number of amides is 1. The Morgan fingerprint density at radius 1 is 1.14 bits per heavy atom. The number of halogens is 1. The molecule has 4 heteroatoms. The van der Waals surface area contributed by atoms with Gasteiger partial charge in [-0.25, -0.2) is 0 Å². The van der Waals surface area contributed by atoms with E-state index in [4.69, 9.17) is 11.6 Å². The molecule has 0 aromatic heterocycles. The van der Waals surface area contributed by atoms with E-state index in [0.29, 0.717) is 11.6 Å². The Hall–Kier alpha value is -2.00. The first kappa shape index (κ1) is 14.9. The van der Waals surface area contributed by atoms with Gasteiger partial charge in [0.05, 0.1) is 17.9 Å². The number of para-hydroxylation sites is 2. The van der Waals surface area contributed by atoms with Crippen LogP contribution in [0.1, 0.15) is 19.4 Å². The number of nitrogens with zero attached hydrogens (tertiary/aromatic N) is 1. The fourth-order valence-electron chi connectivity index (χ4n) is 2.76. The van der Waals surface area contributed by atoms with Crippen LogP contribution in [-0.2, 0) is 11.3 Å². The van der Waals surface area contributed by atoms with E-state index in [1.165, 1.54) is 0 Å². The molecule has 1 heterocycles. The van der Waals surface area contributed by atoms with Crippen LogP contribution in [0.4, 0.5) is 11.4 Å². The second-order valence-corrected chi connectivity index (χ2v) is 6.31. The van der Waals surface area contributed by atoms with Gasteiger partial charge in [-0.1, -0.05) is 55.8 Å². The van der Waals surface area contributed by atoms with Crippen LogP contribution >= 0.6 is 11.6 Å². The molecule has 1 amide bonds. The lowest BCUT2D eigenvalue weighted by Gasteiger charge is -2.37. The Labute approximate surface area is 135 Å². The lowest BCUT2D eigenvalue weighted by molar-refractivity contribution is -0.120. The van der Waals surface area contributed by atoms with E-state index in [-0.39, 0.29) is 17.9 Å². The number of nitrogens with one attached hydrogen (secondary N) is 1. The third-order valence-electron chi connectivity index (χ3n) is 3.99. The van der Waals surface area contributed by atoms with Crippen molar-refractivity contribution in [1.82, 2.24) is 0 Å². The molecule has 114 valence electrons. The number of hydrogen-bond acceptors (Lipinski definition) is 2. The van der Waals surface area contributed by atoms with Crippen LogP contribution in [0.15, 0.2) is 48.5 Å². The zero-order chi connectivity index (χ0) is 15.7. The molecule has 3 nitrogen and oxygen atoms in total.